The number of hydrogen-bond acceptors (Lipinski definition) is 6. The lowest BCUT2D eigenvalue weighted by Gasteiger charge is -2.20. The molecule has 0 aliphatic rings. The summed E-state index contributed by atoms with van der Waals surface area (Å²) in [5, 5.41) is 22.3. The third-order valence-corrected chi connectivity index (χ3v) is 3.35. The predicted octanol–water partition coefficient (Wildman–Crippen LogP) is 2.45. The fourth-order valence-electron chi connectivity index (χ4n) is 2.42. The number of nitrogens with zero attached hydrogens (tertiary/aromatic N) is 1. The third kappa shape index (κ3) is 5.48. The van der Waals surface area contributed by atoms with E-state index in [1.165, 1.54) is 16.8 Å². The summed E-state index contributed by atoms with van der Waals surface area (Å²) in [5.74, 6) is 0. The van der Waals surface area contributed by atoms with Crippen molar-refractivity contribution in [1.82, 2.24) is 4.57 Å². The van der Waals surface area contributed by atoms with E-state index >= 15 is 0 Å². The molecular formula is C18H25BN2O6. The molecule has 0 atom stereocenters. The number of aromatic nitrogens is 1. The molecule has 9 heteroatoms. The van der Waals surface area contributed by atoms with Gasteiger partial charge in [-0.1, -0.05) is 0 Å². The highest BCUT2D eigenvalue weighted by atomic mass is 16.6. The monoisotopic (exact) mass is 376 g/mol. The summed E-state index contributed by atoms with van der Waals surface area (Å²) in [5.41, 5.74) is -0.434. The van der Waals surface area contributed by atoms with Gasteiger partial charge in [-0.25, -0.2) is 9.59 Å². The van der Waals surface area contributed by atoms with Crippen molar-refractivity contribution in [3.63, 3.8) is 0 Å². The normalized spacial score (nSPS) is 12.0. The lowest BCUT2D eigenvalue weighted by atomic mass is 9.80. The zero-order valence-corrected chi connectivity index (χ0v) is 16.4. The van der Waals surface area contributed by atoms with Gasteiger partial charge in [-0.05, 0) is 59.7 Å². The van der Waals surface area contributed by atoms with Crippen molar-refractivity contribution >= 4 is 41.4 Å². The molecule has 0 spiro atoms. The maximum atomic E-state index is 12.4. The summed E-state index contributed by atoms with van der Waals surface area (Å²) in [6.07, 6.45) is 0.0208. The van der Waals surface area contributed by atoms with Crippen molar-refractivity contribution in [1.29, 1.82) is 0 Å². The van der Waals surface area contributed by atoms with Crippen molar-refractivity contribution in [2.75, 3.05) is 5.32 Å². The van der Waals surface area contributed by atoms with Crippen LogP contribution in [0.25, 0.3) is 10.9 Å². The molecule has 0 aliphatic carbocycles. The molecule has 8 nitrogen and oxygen atoms in total. The highest BCUT2D eigenvalue weighted by Crippen LogP contribution is 2.22. The van der Waals surface area contributed by atoms with Crippen molar-refractivity contribution in [2.45, 2.75) is 52.7 Å². The van der Waals surface area contributed by atoms with Crippen LogP contribution >= 0.6 is 0 Å². The molecule has 1 heterocycles. The van der Waals surface area contributed by atoms with Gasteiger partial charge >= 0.3 is 19.3 Å². The van der Waals surface area contributed by atoms with Gasteiger partial charge in [0.1, 0.15) is 11.2 Å². The van der Waals surface area contributed by atoms with E-state index in [0.717, 1.165) is 0 Å². The molecule has 1 amide bonds. The molecule has 1 aromatic carbocycles. The van der Waals surface area contributed by atoms with E-state index in [0.29, 0.717) is 16.6 Å². The molecule has 2 aromatic rings. The Bertz CT molecular complexity index is 861. The van der Waals surface area contributed by atoms with Gasteiger partial charge in [0.05, 0.1) is 5.52 Å². The highest BCUT2D eigenvalue weighted by Gasteiger charge is 2.25. The molecule has 0 saturated carbocycles. The van der Waals surface area contributed by atoms with Crippen LogP contribution in [0, 0.1) is 0 Å². The van der Waals surface area contributed by atoms with Gasteiger partial charge in [0.2, 0.25) is 0 Å². The third-order valence-electron chi connectivity index (χ3n) is 3.35. The lowest BCUT2D eigenvalue weighted by molar-refractivity contribution is 0.0543. The quantitative estimate of drug-likeness (QED) is 0.695. The average molecular weight is 376 g/mol. The largest absolute Gasteiger partial charge is 0.490 e. The predicted molar refractivity (Wildman–Crippen MR) is 103 cm³/mol. The van der Waals surface area contributed by atoms with Crippen LogP contribution in [-0.4, -0.2) is 45.1 Å². The molecule has 2 rings (SSSR count). The Labute approximate surface area is 158 Å². The summed E-state index contributed by atoms with van der Waals surface area (Å²) in [6.45, 7) is 10.5. The molecule has 0 bridgehead atoms. The number of nitrogens with one attached hydrogen (secondary N) is 1. The highest BCUT2D eigenvalue weighted by molar-refractivity contribution is 6.62. The van der Waals surface area contributed by atoms with Crippen LogP contribution in [0.3, 0.4) is 0 Å². The summed E-state index contributed by atoms with van der Waals surface area (Å²) in [6, 6.07) is 4.70. The van der Waals surface area contributed by atoms with Crippen molar-refractivity contribution in [3.8, 4) is 0 Å². The molecule has 0 unspecified atom stereocenters. The van der Waals surface area contributed by atoms with Crippen molar-refractivity contribution < 1.29 is 29.1 Å². The molecule has 1 aromatic heterocycles. The van der Waals surface area contributed by atoms with Gasteiger partial charge in [0, 0.05) is 22.7 Å². The Balaban J connectivity index is 2.41. The van der Waals surface area contributed by atoms with Crippen LogP contribution in [0.5, 0.6) is 0 Å². The van der Waals surface area contributed by atoms with Gasteiger partial charge < -0.3 is 19.5 Å². The Morgan fingerprint density at radius 3 is 2.15 bits per heavy atom. The van der Waals surface area contributed by atoms with Crippen LogP contribution in [0.4, 0.5) is 15.3 Å². The van der Waals surface area contributed by atoms with E-state index in [1.54, 1.807) is 53.7 Å². The summed E-state index contributed by atoms with van der Waals surface area (Å²) >= 11 is 0. The Hall–Kier alpha value is -2.52. The van der Waals surface area contributed by atoms with Crippen LogP contribution in [-0.2, 0) is 9.47 Å². The van der Waals surface area contributed by atoms with E-state index in [4.69, 9.17) is 9.47 Å². The smallest absolute Gasteiger partial charge is 0.444 e. The van der Waals surface area contributed by atoms with Crippen LogP contribution in [0.1, 0.15) is 41.5 Å². The number of carbonyl (C=O) groups excluding carboxylic acids is 2. The van der Waals surface area contributed by atoms with Gasteiger partial charge in [0.15, 0.2) is 0 Å². The second-order valence-corrected chi connectivity index (χ2v) is 8.17. The Kier molecular flexibility index (Phi) is 5.58. The van der Waals surface area contributed by atoms with E-state index < -0.39 is 30.5 Å². The number of ether oxygens (including phenoxy) is 2. The number of amides is 1. The Morgan fingerprint density at radius 2 is 1.63 bits per heavy atom. The molecule has 3 N–H and O–H groups in total. The number of fused-ring (bicyclic) bond motifs is 1. The lowest BCUT2D eigenvalue weighted by Crippen LogP contribution is -2.30. The number of benzene rings is 1. The summed E-state index contributed by atoms with van der Waals surface area (Å²) in [4.78, 5) is 24.4. The minimum atomic E-state index is -1.80. The maximum absolute atomic E-state index is 12.4. The zero-order chi connectivity index (χ0) is 20.6. The second-order valence-electron chi connectivity index (χ2n) is 8.17. The van der Waals surface area contributed by atoms with Gasteiger partial charge in [-0.15, -0.1) is 0 Å². The molecule has 0 saturated heterocycles. The van der Waals surface area contributed by atoms with E-state index in [9.17, 15) is 19.6 Å². The SMILES string of the molecule is CC(C)(C)OC(=O)Nc1ccc2c(c1)c(B(O)O)cn2C(=O)OC(C)(C)C. The topological polar surface area (TPSA) is 110 Å². The van der Waals surface area contributed by atoms with E-state index in [1.807, 2.05) is 0 Å². The molecule has 0 radical (unpaired) electrons. The van der Waals surface area contributed by atoms with Crippen molar-refractivity contribution in [2.24, 2.45) is 0 Å². The zero-order valence-electron chi connectivity index (χ0n) is 16.4. The molecular weight excluding hydrogens is 351 g/mol. The molecule has 146 valence electrons. The maximum Gasteiger partial charge on any atom is 0.490 e. The number of anilines is 1. The minimum Gasteiger partial charge on any atom is -0.444 e. The first kappa shape index (κ1) is 20.8. The first-order valence-corrected chi connectivity index (χ1v) is 8.51. The molecule has 0 aliphatic heterocycles. The van der Waals surface area contributed by atoms with E-state index in [2.05, 4.69) is 5.32 Å². The first-order chi connectivity index (χ1) is 12.3. The fourth-order valence-corrected chi connectivity index (χ4v) is 2.42. The van der Waals surface area contributed by atoms with Gasteiger partial charge in [-0.2, -0.15) is 0 Å². The minimum absolute atomic E-state index is 0.115. The van der Waals surface area contributed by atoms with Gasteiger partial charge in [0.25, 0.3) is 0 Å². The van der Waals surface area contributed by atoms with E-state index in [-0.39, 0.29) is 5.46 Å². The number of rotatable bonds is 2. The number of hydrogen-bond donors (Lipinski definition) is 3. The summed E-state index contributed by atoms with van der Waals surface area (Å²) < 4.78 is 11.7. The molecule has 27 heavy (non-hydrogen) atoms. The number of carbonyl (C=O) groups is 2. The van der Waals surface area contributed by atoms with Crippen molar-refractivity contribution in [3.05, 3.63) is 24.4 Å². The molecule has 0 fully saturated rings. The fraction of sp³-hybridized carbons (Fsp3) is 0.444. The van der Waals surface area contributed by atoms with Gasteiger partial charge in [-0.3, -0.25) is 9.88 Å². The average Bonchev–Trinajstić information content (AvgIpc) is 2.82. The second kappa shape index (κ2) is 7.24. The Morgan fingerprint density at radius 1 is 1.04 bits per heavy atom. The van der Waals surface area contributed by atoms with Crippen LogP contribution in [0.15, 0.2) is 24.4 Å². The first-order valence-electron chi connectivity index (χ1n) is 8.51. The summed E-state index contributed by atoms with van der Waals surface area (Å²) in [7, 11) is -1.80. The standard InChI is InChI=1S/C18H25BN2O6/c1-17(2,3)26-15(22)20-11-7-8-14-12(9-11)13(19(24)25)10-21(14)16(23)27-18(4,5)6/h7-10,24-25H,1-6H3,(H,20,22). The van der Waals surface area contributed by atoms with Crippen LogP contribution < -0.4 is 10.8 Å². The van der Waals surface area contributed by atoms with Crippen LogP contribution in [0.2, 0.25) is 0 Å².